The molecule has 2 heterocycles. The van der Waals surface area contributed by atoms with Crippen molar-refractivity contribution in [1.82, 2.24) is 24.5 Å². The van der Waals surface area contributed by atoms with Crippen molar-refractivity contribution < 1.29 is 9.18 Å². The molecule has 0 atom stereocenters. The van der Waals surface area contributed by atoms with Crippen molar-refractivity contribution in [3.63, 3.8) is 0 Å². The van der Waals surface area contributed by atoms with Crippen molar-refractivity contribution in [3.8, 4) is 5.69 Å². The van der Waals surface area contributed by atoms with Crippen molar-refractivity contribution in [2.45, 2.75) is 19.4 Å². The summed E-state index contributed by atoms with van der Waals surface area (Å²) in [6, 6.07) is 6.31. The fourth-order valence-corrected chi connectivity index (χ4v) is 2.19. The molecule has 8 heteroatoms. The molecule has 1 aromatic carbocycles. The van der Waals surface area contributed by atoms with Gasteiger partial charge in [0.25, 0.3) is 0 Å². The number of anilines is 1. The zero-order chi connectivity index (χ0) is 16.1. The molecule has 0 saturated carbocycles. The van der Waals surface area contributed by atoms with Crippen molar-refractivity contribution in [3.05, 3.63) is 55.1 Å². The number of para-hydroxylation sites is 1. The second kappa shape index (κ2) is 6.82. The maximum atomic E-state index is 14.1. The van der Waals surface area contributed by atoms with Crippen LogP contribution in [0.15, 0.2) is 49.3 Å². The number of halogens is 1. The number of hydrogen-bond donors (Lipinski definition) is 1. The van der Waals surface area contributed by atoms with Crippen LogP contribution in [0.2, 0.25) is 0 Å². The maximum absolute atomic E-state index is 14.1. The van der Waals surface area contributed by atoms with Crippen LogP contribution in [0.5, 0.6) is 0 Å². The molecule has 0 saturated heterocycles. The van der Waals surface area contributed by atoms with E-state index < -0.39 is 5.82 Å². The molecule has 1 amide bonds. The van der Waals surface area contributed by atoms with E-state index in [4.69, 9.17) is 0 Å². The highest BCUT2D eigenvalue weighted by Gasteiger charge is 2.13. The second-order valence-electron chi connectivity index (χ2n) is 4.89. The van der Waals surface area contributed by atoms with E-state index in [2.05, 4.69) is 20.5 Å². The molecule has 0 spiro atoms. The van der Waals surface area contributed by atoms with Crippen molar-refractivity contribution in [1.29, 1.82) is 0 Å². The highest BCUT2D eigenvalue weighted by molar-refractivity contribution is 5.92. The first-order valence-electron chi connectivity index (χ1n) is 7.15. The van der Waals surface area contributed by atoms with Gasteiger partial charge in [-0.1, -0.05) is 6.07 Å². The molecule has 3 aromatic rings. The first-order chi connectivity index (χ1) is 11.2. The standard InChI is InChI=1S/C15H15FN6O/c16-12-4-1-5-13(22-9-3-7-18-22)15(12)20-14(23)6-2-8-21-11-17-10-19-21/h1,3-5,7,9-11H,2,6,8H2,(H,20,23). The number of carbonyl (C=O) groups excluding carboxylic acids is 1. The fourth-order valence-electron chi connectivity index (χ4n) is 2.19. The monoisotopic (exact) mass is 314 g/mol. The third kappa shape index (κ3) is 3.60. The van der Waals surface area contributed by atoms with E-state index in [-0.39, 0.29) is 18.0 Å². The van der Waals surface area contributed by atoms with Crippen LogP contribution in [-0.2, 0) is 11.3 Å². The van der Waals surface area contributed by atoms with Crippen LogP contribution in [0, 0.1) is 5.82 Å². The molecule has 0 unspecified atom stereocenters. The van der Waals surface area contributed by atoms with Gasteiger partial charge >= 0.3 is 0 Å². The number of benzene rings is 1. The predicted octanol–water partition coefficient (Wildman–Crippen LogP) is 2.02. The Labute approximate surface area is 131 Å². The number of aromatic nitrogens is 5. The van der Waals surface area contributed by atoms with Gasteiger partial charge in [0.1, 0.15) is 24.2 Å². The van der Waals surface area contributed by atoms with E-state index in [9.17, 15) is 9.18 Å². The number of carbonyl (C=O) groups is 1. The Morgan fingerprint density at radius 3 is 2.91 bits per heavy atom. The van der Waals surface area contributed by atoms with E-state index in [0.717, 1.165) is 0 Å². The Balaban J connectivity index is 1.66. The van der Waals surface area contributed by atoms with E-state index >= 15 is 0 Å². The van der Waals surface area contributed by atoms with E-state index in [1.54, 1.807) is 41.6 Å². The Kier molecular flexibility index (Phi) is 4.41. The summed E-state index contributed by atoms with van der Waals surface area (Å²) < 4.78 is 17.2. The highest BCUT2D eigenvalue weighted by Crippen LogP contribution is 2.23. The molecule has 0 aliphatic heterocycles. The lowest BCUT2D eigenvalue weighted by Gasteiger charge is -2.12. The molecule has 0 aliphatic carbocycles. The average Bonchev–Trinajstić information content (AvgIpc) is 3.22. The van der Waals surface area contributed by atoms with Crippen LogP contribution >= 0.6 is 0 Å². The van der Waals surface area contributed by atoms with Crippen molar-refractivity contribution >= 4 is 11.6 Å². The molecular weight excluding hydrogens is 299 g/mol. The first-order valence-corrected chi connectivity index (χ1v) is 7.15. The quantitative estimate of drug-likeness (QED) is 0.755. The summed E-state index contributed by atoms with van der Waals surface area (Å²) in [5, 5.41) is 10.7. The molecule has 0 bridgehead atoms. The Morgan fingerprint density at radius 1 is 1.26 bits per heavy atom. The van der Waals surface area contributed by atoms with Crippen molar-refractivity contribution in [2.24, 2.45) is 0 Å². The molecule has 3 rings (SSSR count). The molecule has 7 nitrogen and oxygen atoms in total. The van der Waals surface area contributed by atoms with Gasteiger partial charge in [0, 0.05) is 25.4 Å². The van der Waals surface area contributed by atoms with Gasteiger partial charge in [-0.25, -0.2) is 14.1 Å². The molecule has 0 fully saturated rings. The summed E-state index contributed by atoms with van der Waals surface area (Å²) >= 11 is 0. The van der Waals surface area contributed by atoms with Crippen LogP contribution in [-0.4, -0.2) is 30.5 Å². The molecular formula is C15H15FN6O. The number of nitrogens with zero attached hydrogens (tertiary/aromatic N) is 5. The summed E-state index contributed by atoms with van der Waals surface area (Å²) in [5.74, 6) is -0.758. The minimum Gasteiger partial charge on any atom is -0.322 e. The van der Waals surface area contributed by atoms with Crippen LogP contribution in [0.3, 0.4) is 0 Å². The Hall–Kier alpha value is -3.03. The molecule has 118 valence electrons. The Morgan fingerprint density at radius 2 is 2.17 bits per heavy atom. The highest BCUT2D eigenvalue weighted by atomic mass is 19.1. The van der Waals surface area contributed by atoms with Crippen LogP contribution in [0.25, 0.3) is 5.69 Å². The first kappa shape index (κ1) is 14.9. The third-order valence-corrected chi connectivity index (χ3v) is 3.26. The molecule has 0 radical (unpaired) electrons. The zero-order valence-corrected chi connectivity index (χ0v) is 12.3. The maximum Gasteiger partial charge on any atom is 0.224 e. The largest absolute Gasteiger partial charge is 0.322 e. The Bertz CT molecular complexity index is 769. The number of nitrogens with one attached hydrogen (secondary N) is 1. The second-order valence-corrected chi connectivity index (χ2v) is 4.89. The minimum absolute atomic E-state index is 0.127. The molecule has 1 N–H and O–H groups in total. The fraction of sp³-hybridized carbons (Fsp3) is 0.200. The smallest absolute Gasteiger partial charge is 0.224 e. The zero-order valence-electron chi connectivity index (χ0n) is 12.3. The number of rotatable bonds is 6. The van der Waals surface area contributed by atoms with Crippen LogP contribution in [0.1, 0.15) is 12.8 Å². The number of aryl methyl sites for hydroxylation is 1. The van der Waals surface area contributed by atoms with E-state index in [1.807, 2.05) is 0 Å². The van der Waals surface area contributed by atoms with Gasteiger partial charge < -0.3 is 5.32 Å². The lowest BCUT2D eigenvalue weighted by Crippen LogP contribution is -2.15. The summed E-state index contributed by atoms with van der Waals surface area (Å²) in [4.78, 5) is 15.9. The number of hydrogen-bond acceptors (Lipinski definition) is 4. The lowest BCUT2D eigenvalue weighted by atomic mass is 10.2. The molecule has 0 aliphatic rings. The minimum atomic E-state index is -0.498. The van der Waals surface area contributed by atoms with Gasteiger partial charge in [-0.2, -0.15) is 10.2 Å². The van der Waals surface area contributed by atoms with Gasteiger partial charge in [-0.3, -0.25) is 9.48 Å². The van der Waals surface area contributed by atoms with Crippen molar-refractivity contribution in [2.75, 3.05) is 5.32 Å². The van der Waals surface area contributed by atoms with Gasteiger partial charge in [0.2, 0.25) is 5.91 Å². The van der Waals surface area contributed by atoms with E-state index in [0.29, 0.717) is 18.7 Å². The SMILES string of the molecule is O=C(CCCn1cncn1)Nc1c(F)cccc1-n1cccn1. The predicted molar refractivity (Wildman–Crippen MR) is 81.4 cm³/mol. The van der Waals surface area contributed by atoms with E-state index in [1.165, 1.54) is 17.1 Å². The van der Waals surface area contributed by atoms with Gasteiger partial charge in [0.15, 0.2) is 0 Å². The molecule has 2 aromatic heterocycles. The summed E-state index contributed by atoms with van der Waals surface area (Å²) in [6.45, 7) is 0.580. The number of amides is 1. The summed E-state index contributed by atoms with van der Waals surface area (Å²) in [6.07, 6.45) is 7.15. The van der Waals surface area contributed by atoms with Gasteiger partial charge in [-0.05, 0) is 24.6 Å². The summed E-state index contributed by atoms with van der Waals surface area (Å²) in [5.41, 5.74) is 0.613. The average molecular weight is 314 g/mol. The molecule has 23 heavy (non-hydrogen) atoms. The van der Waals surface area contributed by atoms with Gasteiger partial charge in [0.05, 0.1) is 5.69 Å². The third-order valence-electron chi connectivity index (χ3n) is 3.26. The lowest BCUT2D eigenvalue weighted by molar-refractivity contribution is -0.116. The van der Waals surface area contributed by atoms with Gasteiger partial charge in [-0.15, -0.1) is 0 Å². The topological polar surface area (TPSA) is 77.6 Å². The van der Waals surface area contributed by atoms with Crippen LogP contribution < -0.4 is 5.32 Å². The summed E-state index contributed by atoms with van der Waals surface area (Å²) in [7, 11) is 0. The van der Waals surface area contributed by atoms with Crippen LogP contribution in [0.4, 0.5) is 10.1 Å². The normalized spacial score (nSPS) is 10.7.